The van der Waals surface area contributed by atoms with Gasteiger partial charge in [-0.1, -0.05) is 24.3 Å². The number of carbonyl (C=O) groups is 1. The van der Waals surface area contributed by atoms with E-state index in [1.54, 1.807) is 7.05 Å². The van der Waals surface area contributed by atoms with Gasteiger partial charge in [0.25, 0.3) is 0 Å². The molecule has 158 valence electrons. The number of rotatable bonds is 6. The van der Waals surface area contributed by atoms with Gasteiger partial charge in [-0.2, -0.15) is 0 Å². The van der Waals surface area contributed by atoms with Gasteiger partial charge in [-0.05, 0) is 60.0 Å². The second kappa shape index (κ2) is 9.30. The molecule has 0 spiro atoms. The fourth-order valence-corrected chi connectivity index (χ4v) is 4.25. The molecule has 5 nitrogen and oxygen atoms in total. The highest BCUT2D eigenvalue weighted by Gasteiger charge is 2.21. The van der Waals surface area contributed by atoms with Gasteiger partial charge in [0.05, 0.1) is 0 Å². The van der Waals surface area contributed by atoms with E-state index in [1.165, 1.54) is 28.6 Å². The Kier molecular flexibility index (Phi) is 6.33. The van der Waals surface area contributed by atoms with E-state index in [0.717, 1.165) is 44.5 Å². The molecule has 0 atom stereocenters. The summed E-state index contributed by atoms with van der Waals surface area (Å²) in [5.41, 5.74) is 3.52. The summed E-state index contributed by atoms with van der Waals surface area (Å²) in [6.07, 6.45) is 5.39. The van der Waals surface area contributed by atoms with Crippen molar-refractivity contribution in [3.63, 3.8) is 0 Å². The molecule has 6 heteroatoms. The third-order valence-electron chi connectivity index (χ3n) is 6.05. The van der Waals surface area contributed by atoms with Gasteiger partial charge in [0.1, 0.15) is 5.82 Å². The van der Waals surface area contributed by atoms with E-state index < -0.39 is 0 Å². The summed E-state index contributed by atoms with van der Waals surface area (Å²) in [6, 6.07) is 15.7. The smallest absolute Gasteiger partial charge is 0.314 e. The summed E-state index contributed by atoms with van der Waals surface area (Å²) in [7, 11) is 1.62. The molecular formula is C24H29FN4O. The quantitative estimate of drug-likeness (QED) is 0.646. The topological polar surface area (TPSA) is 49.3 Å². The van der Waals surface area contributed by atoms with E-state index in [-0.39, 0.29) is 11.8 Å². The third-order valence-corrected chi connectivity index (χ3v) is 6.05. The second-order valence-corrected chi connectivity index (χ2v) is 8.00. The Morgan fingerprint density at radius 1 is 1.07 bits per heavy atom. The van der Waals surface area contributed by atoms with Crippen LogP contribution < -0.4 is 10.6 Å². The van der Waals surface area contributed by atoms with Crippen LogP contribution in [0.15, 0.2) is 54.7 Å². The summed E-state index contributed by atoms with van der Waals surface area (Å²) in [5.74, 6) is -0.175. The van der Waals surface area contributed by atoms with Crippen LogP contribution in [0.3, 0.4) is 0 Å². The molecule has 30 heavy (non-hydrogen) atoms. The van der Waals surface area contributed by atoms with Gasteiger partial charge in [0.15, 0.2) is 0 Å². The Morgan fingerprint density at radius 3 is 2.53 bits per heavy atom. The van der Waals surface area contributed by atoms with E-state index in [1.807, 2.05) is 12.1 Å². The fourth-order valence-electron chi connectivity index (χ4n) is 4.25. The van der Waals surface area contributed by atoms with Gasteiger partial charge in [0, 0.05) is 51.0 Å². The normalized spacial score (nSPS) is 15.4. The largest absolute Gasteiger partial charge is 0.344 e. The minimum absolute atomic E-state index is 0.168. The number of benzene rings is 2. The van der Waals surface area contributed by atoms with Crippen LogP contribution in [0.2, 0.25) is 0 Å². The van der Waals surface area contributed by atoms with Crippen LogP contribution >= 0.6 is 0 Å². The summed E-state index contributed by atoms with van der Waals surface area (Å²) < 4.78 is 15.5. The van der Waals surface area contributed by atoms with E-state index in [0.29, 0.717) is 12.6 Å². The number of urea groups is 1. The highest BCUT2D eigenvalue weighted by molar-refractivity contribution is 5.81. The van der Waals surface area contributed by atoms with Crippen molar-refractivity contribution in [2.24, 2.45) is 0 Å². The molecular weight excluding hydrogens is 379 g/mol. The van der Waals surface area contributed by atoms with E-state index in [4.69, 9.17) is 0 Å². The molecule has 0 bridgehead atoms. The molecule has 4 rings (SSSR count). The number of fused-ring (bicyclic) bond motifs is 1. The van der Waals surface area contributed by atoms with Crippen LogP contribution in [-0.4, -0.2) is 42.2 Å². The SMILES string of the molecule is CNC(=O)NCc1ccc2ccn(C3CCN(CCc4ccc(F)cc4)CC3)c2c1. The van der Waals surface area contributed by atoms with Crippen molar-refractivity contribution in [1.82, 2.24) is 20.1 Å². The van der Waals surface area contributed by atoms with Crippen molar-refractivity contribution in [1.29, 1.82) is 0 Å². The third kappa shape index (κ3) is 4.82. The van der Waals surface area contributed by atoms with Crippen molar-refractivity contribution in [2.45, 2.75) is 31.8 Å². The van der Waals surface area contributed by atoms with E-state index in [9.17, 15) is 9.18 Å². The first-order valence-electron chi connectivity index (χ1n) is 10.6. The molecule has 1 aliphatic rings. The minimum Gasteiger partial charge on any atom is -0.344 e. The van der Waals surface area contributed by atoms with Gasteiger partial charge < -0.3 is 20.1 Å². The van der Waals surface area contributed by atoms with Crippen LogP contribution in [0.25, 0.3) is 10.9 Å². The first-order chi connectivity index (χ1) is 14.6. The zero-order chi connectivity index (χ0) is 20.9. The van der Waals surface area contributed by atoms with Crippen LogP contribution in [0.1, 0.15) is 30.0 Å². The number of likely N-dealkylation sites (tertiary alicyclic amines) is 1. The Hall–Kier alpha value is -2.86. The van der Waals surface area contributed by atoms with Crippen LogP contribution in [0, 0.1) is 5.82 Å². The number of aromatic nitrogens is 1. The lowest BCUT2D eigenvalue weighted by molar-refractivity contribution is 0.190. The Balaban J connectivity index is 1.35. The van der Waals surface area contributed by atoms with Crippen molar-refractivity contribution in [3.05, 3.63) is 71.7 Å². The maximum atomic E-state index is 13.1. The van der Waals surface area contributed by atoms with Crippen LogP contribution in [0.4, 0.5) is 9.18 Å². The summed E-state index contributed by atoms with van der Waals surface area (Å²) in [5, 5.41) is 6.67. The lowest BCUT2D eigenvalue weighted by Gasteiger charge is -2.33. The molecule has 0 unspecified atom stereocenters. The molecule has 3 aromatic rings. The molecule has 1 aromatic heterocycles. The van der Waals surface area contributed by atoms with E-state index >= 15 is 0 Å². The van der Waals surface area contributed by atoms with Gasteiger partial charge >= 0.3 is 6.03 Å². The molecule has 1 saturated heterocycles. The lowest BCUT2D eigenvalue weighted by Crippen LogP contribution is -2.35. The molecule has 0 radical (unpaired) electrons. The number of hydrogen-bond donors (Lipinski definition) is 2. The van der Waals surface area contributed by atoms with Crippen LogP contribution in [0.5, 0.6) is 0 Å². The average Bonchev–Trinajstić information content (AvgIpc) is 3.20. The molecule has 2 amide bonds. The Bertz CT molecular complexity index is 990. The number of nitrogens with zero attached hydrogens (tertiary/aromatic N) is 2. The molecule has 2 N–H and O–H groups in total. The molecule has 2 heterocycles. The van der Waals surface area contributed by atoms with Gasteiger partial charge in [-0.15, -0.1) is 0 Å². The number of piperidine rings is 1. The fraction of sp³-hybridized carbons (Fsp3) is 0.375. The standard InChI is InChI=1S/C24H29FN4O/c1-26-24(30)27-17-19-2-5-20-9-15-29(23(20)16-19)22-10-13-28(14-11-22)12-8-18-3-6-21(25)7-4-18/h2-7,9,15-16,22H,8,10-14,17H2,1H3,(H2,26,27,30). The number of halogens is 1. The van der Waals surface area contributed by atoms with Crippen molar-refractivity contribution in [3.8, 4) is 0 Å². The van der Waals surface area contributed by atoms with Crippen molar-refractivity contribution < 1.29 is 9.18 Å². The lowest BCUT2D eigenvalue weighted by atomic mass is 10.0. The predicted octanol–water partition coefficient (Wildman–Crippen LogP) is 4.09. The minimum atomic E-state index is -0.175. The van der Waals surface area contributed by atoms with Crippen molar-refractivity contribution in [2.75, 3.05) is 26.7 Å². The maximum absolute atomic E-state index is 13.1. The van der Waals surface area contributed by atoms with E-state index in [2.05, 4.69) is 50.6 Å². The Morgan fingerprint density at radius 2 is 1.80 bits per heavy atom. The average molecular weight is 409 g/mol. The summed E-state index contributed by atoms with van der Waals surface area (Å²) in [6.45, 7) is 3.68. The van der Waals surface area contributed by atoms with Gasteiger partial charge in [-0.3, -0.25) is 0 Å². The molecule has 0 aliphatic carbocycles. The monoisotopic (exact) mass is 408 g/mol. The molecule has 1 aliphatic heterocycles. The highest BCUT2D eigenvalue weighted by atomic mass is 19.1. The number of amides is 2. The molecule has 0 saturated carbocycles. The van der Waals surface area contributed by atoms with Crippen molar-refractivity contribution >= 4 is 16.9 Å². The summed E-state index contributed by atoms with van der Waals surface area (Å²) >= 11 is 0. The second-order valence-electron chi connectivity index (χ2n) is 8.00. The number of hydrogen-bond acceptors (Lipinski definition) is 2. The maximum Gasteiger partial charge on any atom is 0.314 e. The Labute approximate surface area is 176 Å². The predicted molar refractivity (Wildman–Crippen MR) is 118 cm³/mol. The van der Waals surface area contributed by atoms with Crippen LogP contribution in [-0.2, 0) is 13.0 Å². The van der Waals surface area contributed by atoms with Gasteiger partial charge in [0.2, 0.25) is 0 Å². The molecule has 1 fully saturated rings. The molecule has 2 aromatic carbocycles. The summed E-state index contributed by atoms with van der Waals surface area (Å²) in [4.78, 5) is 14.0. The first kappa shape index (κ1) is 20.4. The van der Waals surface area contributed by atoms with Gasteiger partial charge in [-0.25, -0.2) is 9.18 Å². The zero-order valence-corrected chi connectivity index (χ0v) is 17.4. The number of nitrogens with one attached hydrogen (secondary N) is 2. The highest BCUT2D eigenvalue weighted by Crippen LogP contribution is 2.28. The first-order valence-corrected chi connectivity index (χ1v) is 10.6. The number of carbonyl (C=O) groups excluding carboxylic acids is 1. The zero-order valence-electron chi connectivity index (χ0n) is 17.4.